The van der Waals surface area contributed by atoms with E-state index in [9.17, 15) is 14.0 Å². The Morgan fingerprint density at radius 1 is 1.37 bits per heavy atom. The molecular weight excluding hydrogens is 273 g/mol. The van der Waals surface area contributed by atoms with Crippen molar-refractivity contribution in [2.75, 3.05) is 18.0 Å². The predicted molar refractivity (Wildman–Crippen MR) is 71.4 cm³/mol. The lowest BCUT2D eigenvalue weighted by molar-refractivity contribution is -0.148. The SMILES string of the molecule is CCN(CC(F)Cl)c1ccc(CC(=O)C(=O)O)cc1. The van der Waals surface area contributed by atoms with Gasteiger partial charge in [0.25, 0.3) is 0 Å². The van der Waals surface area contributed by atoms with Crippen molar-refractivity contribution in [1.29, 1.82) is 0 Å². The van der Waals surface area contributed by atoms with Crippen LogP contribution in [0, 0.1) is 0 Å². The molecule has 6 heteroatoms. The van der Waals surface area contributed by atoms with Gasteiger partial charge in [-0.25, -0.2) is 9.18 Å². The third-order valence-corrected chi connectivity index (χ3v) is 2.78. The summed E-state index contributed by atoms with van der Waals surface area (Å²) in [6.07, 6.45) is -0.150. The Morgan fingerprint density at radius 3 is 2.37 bits per heavy atom. The number of aliphatic carboxylic acids is 1. The number of anilines is 1. The van der Waals surface area contributed by atoms with Crippen molar-refractivity contribution in [3.63, 3.8) is 0 Å². The van der Waals surface area contributed by atoms with Gasteiger partial charge in [0.05, 0.1) is 6.54 Å². The molecule has 1 aromatic rings. The number of benzene rings is 1. The Hall–Kier alpha value is -1.62. The van der Waals surface area contributed by atoms with Gasteiger partial charge < -0.3 is 10.0 Å². The van der Waals surface area contributed by atoms with Crippen LogP contribution in [0.4, 0.5) is 10.1 Å². The van der Waals surface area contributed by atoms with Gasteiger partial charge in [-0.1, -0.05) is 23.7 Å². The molecule has 0 amide bonds. The minimum absolute atomic E-state index is 0.0749. The van der Waals surface area contributed by atoms with Crippen LogP contribution in [0.1, 0.15) is 12.5 Å². The highest BCUT2D eigenvalue weighted by molar-refractivity contribution is 6.33. The summed E-state index contributed by atoms with van der Waals surface area (Å²) >= 11 is 5.32. The minimum atomic E-state index is -1.45. The summed E-state index contributed by atoms with van der Waals surface area (Å²) in [6.45, 7) is 2.55. The molecule has 0 saturated heterocycles. The molecule has 104 valence electrons. The first kappa shape index (κ1) is 15.4. The number of rotatable bonds is 7. The molecular formula is C13H15ClFNO3. The van der Waals surface area contributed by atoms with Crippen molar-refractivity contribution in [2.24, 2.45) is 0 Å². The number of ketones is 1. The summed E-state index contributed by atoms with van der Waals surface area (Å²) in [5.74, 6) is -2.30. The highest BCUT2D eigenvalue weighted by Gasteiger charge is 2.13. The Bertz CT molecular complexity index is 448. The quantitative estimate of drug-likeness (QED) is 0.617. The summed E-state index contributed by atoms with van der Waals surface area (Å²) in [4.78, 5) is 23.2. The number of Topliss-reactive ketones (excluding diaryl/α,β-unsaturated/α-hetero) is 1. The lowest BCUT2D eigenvalue weighted by Crippen LogP contribution is -2.28. The topological polar surface area (TPSA) is 57.6 Å². The summed E-state index contributed by atoms with van der Waals surface area (Å²) in [6, 6.07) is 6.74. The highest BCUT2D eigenvalue weighted by Crippen LogP contribution is 2.17. The molecule has 19 heavy (non-hydrogen) atoms. The van der Waals surface area contributed by atoms with Crippen molar-refractivity contribution in [3.05, 3.63) is 29.8 Å². The third-order valence-electron chi connectivity index (χ3n) is 2.64. The largest absolute Gasteiger partial charge is 0.475 e. The lowest BCUT2D eigenvalue weighted by Gasteiger charge is -2.23. The van der Waals surface area contributed by atoms with Crippen LogP contribution in [0.3, 0.4) is 0 Å². The highest BCUT2D eigenvalue weighted by atomic mass is 35.5. The lowest BCUT2D eigenvalue weighted by atomic mass is 10.1. The minimum Gasteiger partial charge on any atom is -0.475 e. The zero-order valence-electron chi connectivity index (χ0n) is 10.5. The van der Waals surface area contributed by atoms with E-state index in [1.165, 1.54) is 0 Å². The Morgan fingerprint density at radius 2 is 1.95 bits per heavy atom. The maximum Gasteiger partial charge on any atom is 0.372 e. The van der Waals surface area contributed by atoms with Crippen molar-refractivity contribution >= 4 is 29.0 Å². The predicted octanol–water partition coefficient (Wildman–Crippen LogP) is 2.24. The molecule has 0 bridgehead atoms. The van der Waals surface area contributed by atoms with Gasteiger partial charge in [0.2, 0.25) is 5.78 Å². The number of carboxylic acid groups (broad SMARTS) is 1. The molecule has 0 fully saturated rings. The Balaban J connectivity index is 2.74. The van der Waals surface area contributed by atoms with E-state index < -0.39 is 17.4 Å². The molecule has 0 spiro atoms. The smallest absolute Gasteiger partial charge is 0.372 e. The van der Waals surface area contributed by atoms with Crippen molar-refractivity contribution in [3.8, 4) is 0 Å². The molecule has 4 nitrogen and oxygen atoms in total. The summed E-state index contributed by atoms with van der Waals surface area (Å²) in [5, 5.41) is 8.51. The first-order chi connectivity index (χ1) is 8.93. The monoisotopic (exact) mass is 287 g/mol. The normalized spacial score (nSPS) is 11.9. The van der Waals surface area contributed by atoms with Crippen LogP contribution >= 0.6 is 11.6 Å². The maximum absolute atomic E-state index is 12.8. The van der Waals surface area contributed by atoms with E-state index in [1.807, 2.05) is 6.92 Å². The van der Waals surface area contributed by atoms with E-state index in [1.54, 1.807) is 29.2 Å². The van der Waals surface area contributed by atoms with E-state index >= 15 is 0 Å². The van der Waals surface area contributed by atoms with E-state index in [0.29, 0.717) is 12.1 Å². The van der Waals surface area contributed by atoms with Crippen molar-refractivity contribution in [1.82, 2.24) is 0 Å². The second-order valence-corrected chi connectivity index (χ2v) is 4.47. The number of nitrogens with zero attached hydrogens (tertiary/aromatic N) is 1. The van der Waals surface area contributed by atoms with E-state index in [4.69, 9.17) is 16.7 Å². The fraction of sp³-hybridized carbons (Fsp3) is 0.385. The molecule has 1 atom stereocenters. The van der Waals surface area contributed by atoms with Crippen LogP contribution in [-0.4, -0.2) is 35.6 Å². The van der Waals surface area contributed by atoms with Crippen LogP contribution < -0.4 is 4.90 Å². The van der Waals surface area contributed by atoms with Gasteiger partial charge in [-0.3, -0.25) is 4.79 Å². The summed E-state index contributed by atoms with van der Waals surface area (Å²) in [5.41, 5.74) is -0.0691. The molecule has 1 aromatic carbocycles. The van der Waals surface area contributed by atoms with Gasteiger partial charge in [-0.15, -0.1) is 0 Å². The Kier molecular flexibility index (Phi) is 5.76. The number of carboxylic acids is 1. The second kappa shape index (κ2) is 7.09. The molecule has 0 radical (unpaired) electrons. The van der Waals surface area contributed by atoms with Gasteiger partial charge in [-0.2, -0.15) is 0 Å². The van der Waals surface area contributed by atoms with Crippen LogP contribution in [0.5, 0.6) is 0 Å². The molecule has 0 aliphatic carbocycles. The maximum atomic E-state index is 12.8. The van der Waals surface area contributed by atoms with Gasteiger partial charge in [0.15, 0.2) is 5.63 Å². The molecule has 0 aromatic heterocycles. The fourth-order valence-corrected chi connectivity index (χ4v) is 1.84. The number of carbonyl (C=O) groups is 2. The zero-order valence-corrected chi connectivity index (χ0v) is 11.2. The second-order valence-electron chi connectivity index (χ2n) is 4.00. The van der Waals surface area contributed by atoms with Crippen LogP contribution in [0.2, 0.25) is 0 Å². The fourth-order valence-electron chi connectivity index (χ4n) is 1.67. The molecule has 0 heterocycles. The summed E-state index contributed by atoms with van der Waals surface area (Å²) in [7, 11) is 0. The van der Waals surface area contributed by atoms with Crippen molar-refractivity contribution in [2.45, 2.75) is 19.0 Å². The van der Waals surface area contributed by atoms with Gasteiger partial charge >= 0.3 is 5.97 Å². The Labute approximate surface area is 115 Å². The van der Waals surface area contributed by atoms with Gasteiger partial charge in [0, 0.05) is 18.7 Å². The van der Waals surface area contributed by atoms with Gasteiger partial charge in [0.1, 0.15) is 0 Å². The number of alkyl halides is 2. The third kappa shape index (κ3) is 4.87. The average molecular weight is 288 g/mol. The van der Waals surface area contributed by atoms with E-state index in [-0.39, 0.29) is 13.0 Å². The zero-order chi connectivity index (χ0) is 14.4. The first-order valence-electron chi connectivity index (χ1n) is 5.82. The standard InChI is InChI=1S/C13H15ClFNO3/c1-2-16(8-12(14)15)10-5-3-9(4-6-10)7-11(17)13(18)19/h3-6,12H,2,7-8H2,1H3,(H,18,19). The van der Waals surface area contributed by atoms with E-state index in [2.05, 4.69) is 0 Å². The van der Waals surface area contributed by atoms with E-state index in [0.717, 1.165) is 5.69 Å². The molecule has 0 aliphatic heterocycles. The first-order valence-corrected chi connectivity index (χ1v) is 6.25. The molecule has 0 saturated carbocycles. The van der Waals surface area contributed by atoms with Crippen LogP contribution in [0.15, 0.2) is 24.3 Å². The van der Waals surface area contributed by atoms with Crippen LogP contribution in [-0.2, 0) is 16.0 Å². The number of halogens is 2. The average Bonchev–Trinajstić information content (AvgIpc) is 2.36. The molecule has 0 aliphatic rings. The number of hydrogen-bond donors (Lipinski definition) is 1. The molecule has 1 N–H and O–H groups in total. The summed E-state index contributed by atoms with van der Waals surface area (Å²) < 4.78 is 12.8. The van der Waals surface area contributed by atoms with Crippen molar-refractivity contribution < 1.29 is 19.1 Å². The molecule has 1 rings (SSSR count). The van der Waals surface area contributed by atoms with Crippen LogP contribution in [0.25, 0.3) is 0 Å². The molecule has 1 unspecified atom stereocenters. The number of carbonyl (C=O) groups excluding carboxylic acids is 1. The number of hydrogen-bond acceptors (Lipinski definition) is 3. The van der Waals surface area contributed by atoms with Gasteiger partial charge in [-0.05, 0) is 24.6 Å².